The van der Waals surface area contributed by atoms with Gasteiger partial charge in [0.1, 0.15) is 5.82 Å². The Balaban J connectivity index is 1.67. The van der Waals surface area contributed by atoms with Crippen molar-refractivity contribution in [2.24, 2.45) is 5.92 Å². The van der Waals surface area contributed by atoms with E-state index in [9.17, 15) is 14.0 Å². The minimum atomic E-state index is -0.622. The summed E-state index contributed by atoms with van der Waals surface area (Å²) in [4.78, 5) is 28.0. The fourth-order valence-electron chi connectivity index (χ4n) is 2.63. The molecule has 0 radical (unpaired) electrons. The number of amides is 2. The molecule has 0 bridgehead atoms. The van der Waals surface area contributed by atoms with E-state index in [4.69, 9.17) is 0 Å². The van der Waals surface area contributed by atoms with Gasteiger partial charge < -0.3 is 5.32 Å². The van der Waals surface area contributed by atoms with Gasteiger partial charge in [0.2, 0.25) is 5.91 Å². The lowest BCUT2D eigenvalue weighted by atomic mass is 10.1. The maximum absolute atomic E-state index is 14.1. The monoisotopic (exact) mass is 333 g/mol. The van der Waals surface area contributed by atoms with E-state index in [0.29, 0.717) is 5.13 Å². The summed E-state index contributed by atoms with van der Waals surface area (Å²) in [6.07, 6.45) is 5.35. The van der Waals surface area contributed by atoms with Gasteiger partial charge in [0.15, 0.2) is 5.13 Å². The van der Waals surface area contributed by atoms with Gasteiger partial charge in [0.05, 0.1) is 5.69 Å². The van der Waals surface area contributed by atoms with Gasteiger partial charge in [-0.3, -0.25) is 14.9 Å². The zero-order chi connectivity index (χ0) is 16.2. The van der Waals surface area contributed by atoms with Gasteiger partial charge in [-0.25, -0.2) is 9.37 Å². The molecule has 1 aromatic carbocycles. The number of carbonyl (C=O) groups is 2. The van der Waals surface area contributed by atoms with Gasteiger partial charge in [-0.15, -0.1) is 11.3 Å². The van der Waals surface area contributed by atoms with Crippen LogP contribution in [0.3, 0.4) is 0 Å². The van der Waals surface area contributed by atoms with E-state index in [0.717, 1.165) is 31.7 Å². The average Bonchev–Trinajstić information content (AvgIpc) is 3.22. The third-order valence-corrected chi connectivity index (χ3v) is 4.56. The summed E-state index contributed by atoms with van der Waals surface area (Å²) in [7, 11) is 0. The molecular weight excluding hydrogens is 317 g/mol. The maximum Gasteiger partial charge on any atom is 0.257 e. The van der Waals surface area contributed by atoms with Gasteiger partial charge in [-0.2, -0.15) is 0 Å². The maximum atomic E-state index is 14.1. The SMILES string of the molecule is O=C(Nc1nccs1)c1ccc(NC(=O)C2CCCC2)c(F)c1. The highest BCUT2D eigenvalue weighted by atomic mass is 32.1. The van der Waals surface area contributed by atoms with Crippen LogP contribution in [-0.2, 0) is 4.79 Å². The Morgan fingerprint density at radius 3 is 2.65 bits per heavy atom. The smallest absolute Gasteiger partial charge is 0.257 e. The van der Waals surface area contributed by atoms with Gasteiger partial charge in [-0.05, 0) is 31.0 Å². The largest absolute Gasteiger partial charge is 0.323 e. The van der Waals surface area contributed by atoms with E-state index in [1.807, 2.05) is 0 Å². The number of hydrogen-bond acceptors (Lipinski definition) is 4. The van der Waals surface area contributed by atoms with Crippen molar-refractivity contribution in [2.75, 3.05) is 10.6 Å². The Morgan fingerprint density at radius 2 is 2.00 bits per heavy atom. The summed E-state index contributed by atoms with van der Waals surface area (Å²) in [5.74, 6) is -1.25. The van der Waals surface area contributed by atoms with Crippen LogP contribution < -0.4 is 10.6 Å². The zero-order valence-electron chi connectivity index (χ0n) is 12.3. The van der Waals surface area contributed by atoms with E-state index < -0.39 is 11.7 Å². The molecule has 1 aliphatic rings. The summed E-state index contributed by atoms with van der Waals surface area (Å²) in [6.45, 7) is 0. The van der Waals surface area contributed by atoms with Crippen molar-refractivity contribution in [1.29, 1.82) is 0 Å². The summed E-state index contributed by atoms with van der Waals surface area (Å²) in [5, 5.41) is 7.38. The number of benzene rings is 1. The minimum absolute atomic E-state index is 0.0396. The highest BCUT2D eigenvalue weighted by Crippen LogP contribution is 2.26. The number of anilines is 2. The Morgan fingerprint density at radius 1 is 1.22 bits per heavy atom. The topological polar surface area (TPSA) is 71.1 Å². The molecule has 23 heavy (non-hydrogen) atoms. The third kappa shape index (κ3) is 3.73. The predicted molar refractivity (Wildman–Crippen MR) is 87.1 cm³/mol. The molecule has 0 unspecified atom stereocenters. The highest BCUT2D eigenvalue weighted by molar-refractivity contribution is 7.13. The number of rotatable bonds is 4. The molecular formula is C16H16FN3O2S. The number of nitrogens with zero attached hydrogens (tertiary/aromatic N) is 1. The van der Waals surface area contributed by atoms with E-state index >= 15 is 0 Å². The van der Waals surface area contributed by atoms with E-state index in [-0.39, 0.29) is 23.1 Å². The third-order valence-electron chi connectivity index (χ3n) is 3.87. The number of thiazole rings is 1. The molecule has 0 aliphatic heterocycles. The second-order valence-corrected chi connectivity index (χ2v) is 6.35. The van der Waals surface area contributed by atoms with Crippen LogP contribution in [0.25, 0.3) is 0 Å². The molecule has 2 N–H and O–H groups in total. The number of hydrogen-bond donors (Lipinski definition) is 2. The van der Waals surface area contributed by atoms with E-state index in [2.05, 4.69) is 15.6 Å². The molecule has 3 rings (SSSR count). The van der Waals surface area contributed by atoms with Crippen LogP contribution in [0.15, 0.2) is 29.8 Å². The minimum Gasteiger partial charge on any atom is -0.323 e. The van der Waals surface area contributed by atoms with Crippen LogP contribution in [0.1, 0.15) is 36.0 Å². The number of carbonyl (C=O) groups excluding carboxylic acids is 2. The molecule has 120 valence electrons. The fourth-order valence-corrected chi connectivity index (χ4v) is 3.16. The summed E-state index contributed by atoms with van der Waals surface area (Å²) < 4.78 is 14.1. The lowest BCUT2D eigenvalue weighted by Crippen LogP contribution is -2.21. The standard InChI is InChI=1S/C16H16FN3O2S/c17-12-9-11(15(22)20-16-18-7-8-23-16)5-6-13(12)19-14(21)10-3-1-2-4-10/h5-10H,1-4H2,(H,19,21)(H,18,20,22). The molecule has 0 spiro atoms. The first-order valence-electron chi connectivity index (χ1n) is 7.45. The summed E-state index contributed by atoms with van der Waals surface area (Å²) >= 11 is 1.28. The fraction of sp³-hybridized carbons (Fsp3) is 0.312. The molecule has 0 atom stereocenters. The molecule has 1 saturated carbocycles. The van der Waals surface area contributed by atoms with Crippen molar-refractivity contribution >= 4 is 34.0 Å². The normalized spacial score (nSPS) is 14.7. The van der Waals surface area contributed by atoms with Crippen LogP contribution >= 0.6 is 11.3 Å². The Labute approximate surface area is 136 Å². The van der Waals surface area contributed by atoms with E-state index in [1.165, 1.54) is 23.5 Å². The van der Waals surface area contributed by atoms with Crippen LogP contribution in [0.2, 0.25) is 0 Å². The Bertz CT molecular complexity index is 712. The number of aromatic nitrogens is 1. The quantitative estimate of drug-likeness (QED) is 0.897. The van der Waals surface area contributed by atoms with Crippen molar-refractivity contribution in [1.82, 2.24) is 4.98 Å². The Kier molecular flexibility index (Phi) is 4.66. The van der Waals surface area contributed by atoms with Gasteiger partial charge >= 0.3 is 0 Å². The van der Waals surface area contributed by atoms with Gasteiger partial charge in [-0.1, -0.05) is 12.8 Å². The van der Waals surface area contributed by atoms with E-state index in [1.54, 1.807) is 11.6 Å². The highest BCUT2D eigenvalue weighted by Gasteiger charge is 2.23. The van der Waals surface area contributed by atoms with Crippen LogP contribution in [-0.4, -0.2) is 16.8 Å². The summed E-state index contributed by atoms with van der Waals surface area (Å²) in [6, 6.07) is 4.02. The van der Waals surface area contributed by atoms with Crippen LogP contribution in [0, 0.1) is 11.7 Å². The zero-order valence-corrected chi connectivity index (χ0v) is 13.2. The second kappa shape index (κ2) is 6.87. The molecule has 5 nitrogen and oxygen atoms in total. The van der Waals surface area contributed by atoms with Crippen LogP contribution in [0.5, 0.6) is 0 Å². The Hall–Kier alpha value is -2.28. The lowest BCUT2D eigenvalue weighted by molar-refractivity contribution is -0.119. The molecule has 1 fully saturated rings. The van der Waals surface area contributed by atoms with Crippen molar-refractivity contribution in [3.8, 4) is 0 Å². The van der Waals surface area contributed by atoms with Crippen LogP contribution in [0.4, 0.5) is 15.2 Å². The van der Waals surface area contributed by atoms with Crippen molar-refractivity contribution in [2.45, 2.75) is 25.7 Å². The first-order chi connectivity index (χ1) is 11.1. The molecule has 7 heteroatoms. The first-order valence-corrected chi connectivity index (χ1v) is 8.33. The molecule has 1 heterocycles. The number of halogens is 1. The second-order valence-electron chi connectivity index (χ2n) is 5.46. The molecule has 2 amide bonds. The lowest BCUT2D eigenvalue weighted by Gasteiger charge is -2.11. The number of nitrogens with one attached hydrogen (secondary N) is 2. The molecule has 2 aromatic rings. The molecule has 0 saturated heterocycles. The van der Waals surface area contributed by atoms with Gasteiger partial charge in [0.25, 0.3) is 5.91 Å². The molecule has 1 aromatic heterocycles. The average molecular weight is 333 g/mol. The van der Waals surface area contributed by atoms with Crippen molar-refractivity contribution < 1.29 is 14.0 Å². The molecule has 1 aliphatic carbocycles. The summed E-state index contributed by atoms with van der Waals surface area (Å²) in [5.41, 5.74) is 0.282. The van der Waals surface area contributed by atoms with Gasteiger partial charge in [0, 0.05) is 23.1 Å². The predicted octanol–water partition coefficient (Wildman–Crippen LogP) is 3.66. The van der Waals surface area contributed by atoms with Crippen molar-refractivity contribution in [3.05, 3.63) is 41.2 Å². The van der Waals surface area contributed by atoms with Crippen molar-refractivity contribution in [3.63, 3.8) is 0 Å². The first kappa shape index (κ1) is 15.6.